The highest BCUT2D eigenvalue weighted by Crippen LogP contribution is 2.23. The molecule has 3 heterocycles. The van der Waals surface area contributed by atoms with Crippen LogP contribution in [0, 0.1) is 0 Å². The maximum Gasteiger partial charge on any atom is 0.345 e. The minimum absolute atomic E-state index is 0.350. The van der Waals surface area contributed by atoms with Gasteiger partial charge in [0.15, 0.2) is 0 Å². The normalized spacial score (nSPS) is 11.6. The summed E-state index contributed by atoms with van der Waals surface area (Å²) in [6, 6.07) is 9.40. The van der Waals surface area contributed by atoms with Gasteiger partial charge in [-0.25, -0.2) is 9.78 Å². The predicted molar refractivity (Wildman–Crippen MR) is 67.6 cm³/mol. The molecule has 0 atom stereocenters. The molecule has 0 radical (unpaired) electrons. The largest absolute Gasteiger partial charge is 0.464 e. The van der Waals surface area contributed by atoms with Gasteiger partial charge in [0.05, 0.1) is 17.2 Å². The molecule has 0 unspecified atom stereocenters. The van der Waals surface area contributed by atoms with Crippen LogP contribution in [0.3, 0.4) is 0 Å². The van der Waals surface area contributed by atoms with E-state index in [4.69, 9.17) is 8.83 Å². The number of hydrogen-bond acceptors (Lipinski definition) is 4. The second-order valence-electron chi connectivity index (χ2n) is 4.14. The zero-order chi connectivity index (χ0) is 12.1. The van der Waals surface area contributed by atoms with Gasteiger partial charge in [-0.2, -0.15) is 0 Å². The first-order valence-electron chi connectivity index (χ1n) is 5.51. The summed E-state index contributed by atoms with van der Waals surface area (Å²) < 4.78 is 10.3. The quantitative estimate of drug-likeness (QED) is 0.441. The molecule has 0 fully saturated rings. The van der Waals surface area contributed by atoms with Gasteiger partial charge < -0.3 is 8.83 Å². The Bertz CT molecular complexity index is 949. The monoisotopic (exact) mass is 237 g/mol. The van der Waals surface area contributed by atoms with Crippen LogP contribution in [-0.4, -0.2) is 4.98 Å². The molecule has 0 aliphatic carbocycles. The Labute approximate surface area is 100 Å². The van der Waals surface area contributed by atoms with Gasteiger partial charge in [-0.05, 0) is 24.3 Å². The average molecular weight is 237 g/mol. The molecule has 0 N–H and O–H groups in total. The van der Waals surface area contributed by atoms with Gasteiger partial charge in [-0.15, -0.1) is 0 Å². The number of aromatic nitrogens is 1. The molecule has 3 aromatic heterocycles. The number of pyridine rings is 1. The lowest BCUT2D eigenvalue weighted by Crippen LogP contribution is -1.91. The highest BCUT2D eigenvalue weighted by atomic mass is 16.4. The van der Waals surface area contributed by atoms with E-state index in [0.717, 1.165) is 21.9 Å². The fraction of sp³-hybridized carbons (Fsp3) is 0. The molecule has 86 valence electrons. The number of furan rings is 1. The standard InChI is InChI=1S/C14H7NO3/c16-14-10-5-9-4-8-2-1-3-17-13(8)6-11(9)15-12(10)7-18-14/h1-7H. The molecule has 0 aliphatic rings. The van der Waals surface area contributed by atoms with Crippen molar-refractivity contribution in [2.45, 2.75) is 0 Å². The first-order valence-corrected chi connectivity index (χ1v) is 5.51. The Balaban J connectivity index is 2.24. The van der Waals surface area contributed by atoms with Crippen molar-refractivity contribution in [2.75, 3.05) is 0 Å². The van der Waals surface area contributed by atoms with E-state index in [0.29, 0.717) is 10.9 Å². The van der Waals surface area contributed by atoms with Crippen molar-refractivity contribution < 1.29 is 8.83 Å². The van der Waals surface area contributed by atoms with Crippen LogP contribution in [0.4, 0.5) is 0 Å². The van der Waals surface area contributed by atoms with Crippen molar-refractivity contribution in [2.24, 2.45) is 0 Å². The second-order valence-corrected chi connectivity index (χ2v) is 4.14. The van der Waals surface area contributed by atoms with Crippen molar-refractivity contribution in [1.29, 1.82) is 0 Å². The lowest BCUT2D eigenvalue weighted by atomic mass is 10.1. The fourth-order valence-electron chi connectivity index (χ4n) is 2.15. The molecule has 4 nitrogen and oxygen atoms in total. The minimum atomic E-state index is -0.350. The maximum absolute atomic E-state index is 11.5. The summed E-state index contributed by atoms with van der Waals surface area (Å²) in [6.45, 7) is 0. The highest BCUT2D eigenvalue weighted by Gasteiger charge is 2.07. The van der Waals surface area contributed by atoms with Crippen molar-refractivity contribution >= 4 is 32.8 Å². The maximum atomic E-state index is 11.5. The van der Waals surface area contributed by atoms with Gasteiger partial charge in [0.25, 0.3) is 0 Å². The zero-order valence-corrected chi connectivity index (χ0v) is 9.21. The smallest absolute Gasteiger partial charge is 0.345 e. The van der Waals surface area contributed by atoms with E-state index in [1.165, 1.54) is 6.26 Å². The lowest BCUT2D eigenvalue weighted by molar-refractivity contribution is 0.534. The van der Waals surface area contributed by atoms with Crippen LogP contribution >= 0.6 is 0 Å². The van der Waals surface area contributed by atoms with E-state index in [-0.39, 0.29) is 5.63 Å². The molecular formula is C14H7NO3. The zero-order valence-electron chi connectivity index (χ0n) is 9.21. The van der Waals surface area contributed by atoms with Crippen LogP contribution in [-0.2, 0) is 0 Å². The number of benzene rings is 1. The summed E-state index contributed by atoms with van der Waals surface area (Å²) in [4.78, 5) is 15.9. The Hall–Kier alpha value is -2.62. The molecule has 4 aromatic rings. The van der Waals surface area contributed by atoms with Gasteiger partial charge >= 0.3 is 5.63 Å². The SMILES string of the molecule is O=c1occ2nc3cc4occcc4cc3cc12. The highest BCUT2D eigenvalue weighted by molar-refractivity contribution is 5.98. The Kier molecular flexibility index (Phi) is 1.67. The van der Waals surface area contributed by atoms with Crippen LogP contribution < -0.4 is 5.63 Å². The van der Waals surface area contributed by atoms with Crippen LogP contribution in [0.25, 0.3) is 32.8 Å². The van der Waals surface area contributed by atoms with Crippen LogP contribution in [0.5, 0.6) is 0 Å². The van der Waals surface area contributed by atoms with Crippen LogP contribution in [0.1, 0.15) is 0 Å². The first kappa shape index (κ1) is 9.41. The average Bonchev–Trinajstić information content (AvgIpc) is 2.75. The van der Waals surface area contributed by atoms with Crippen molar-refractivity contribution in [3.8, 4) is 0 Å². The van der Waals surface area contributed by atoms with E-state index >= 15 is 0 Å². The summed E-state index contributed by atoms with van der Waals surface area (Å²) in [6.07, 6.45) is 3.00. The molecule has 1 aromatic carbocycles. The number of fused-ring (bicyclic) bond motifs is 3. The van der Waals surface area contributed by atoms with Crippen molar-refractivity contribution in [1.82, 2.24) is 4.98 Å². The van der Waals surface area contributed by atoms with Crippen molar-refractivity contribution in [3.63, 3.8) is 0 Å². The second kappa shape index (κ2) is 3.20. The van der Waals surface area contributed by atoms with Gasteiger partial charge in [0, 0.05) is 16.8 Å². The third kappa shape index (κ3) is 1.20. The summed E-state index contributed by atoms with van der Waals surface area (Å²) in [5, 5.41) is 2.38. The molecule has 0 spiro atoms. The van der Waals surface area contributed by atoms with Crippen LogP contribution in [0.15, 0.2) is 56.5 Å². The van der Waals surface area contributed by atoms with Crippen LogP contribution in [0.2, 0.25) is 0 Å². The fourth-order valence-corrected chi connectivity index (χ4v) is 2.15. The molecule has 18 heavy (non-hydrogen) atoms. The molecule has 0 saturated carbocycles. The molecule has 0 amide bonds. The third-order valence-corrected chi connectivity index (χ3v) is 3.02. The molecule has 4 rings (SSSR count). The Morgan fingerprint density at radius 3 is 2.89 bits per heavy atom. The van der Waals surface area contributed by atoms with E-state index in [2.05, 4.69) is 4.98 Å². The summed E-state index contributed by atoms with van der Waals surface area (Å²) in [5.41, 5.74) is 1.77. The lowest BCUT2D eigenvalue weighted by Gasteiger charge is -2.00. The molecular weight excluding hydrogens is 230 g/mol. The van der Waals surface area contributed by atoms with E-state index in [9.17, 15) is 4.79 Å². The third-order valence-electron chi connectivity index (χ3n) is 3.02. The van der Waals surface area contributed by atoms with Gasteiger partial charge in [-0.1, -0.05) is 0 Å². The number of hydrogen-bond donors (Lipinski definition) is 0. The summed E-state index contributed by atoms with van der Waals surface area (Å²) in [7, 11) is 0. The first-order chi connectivity index (χ1) is 8.81. The predicted octanol–water partition coefficient (Wildman–Crippen LogP) is 3.09. The number of rotatable bonds is 0. The van der Waals surface area contributed by atoms with Gasteiger partial charge in [-0.3, -0.25) is 0 Å². The molecule has 0 saturated heterocycles. The topological polar surface area (TPSA) is 56.2 Å². The summed E-state index contributed by atoms with van der Waals surface area (Å²) >= 11 is 0. The summed E-state index contributed by atoms with van der Waals surface area (Å²) in [5.74, 6) is 0. The molecule has 0 aliphatic heterocycles. The minimum Gasteiger partial charge on any atom is -0.464 e. The Morgan fingerprint density at radius 2 is 1.94 bits per heavy atom. The van der Waals surface area contributed by atoms with Crippen molar-refractivity contribution in [3.05, 3.63) is 53.3 Å². The van der Waals surface area contributed by atoms with Gasteiger partial charge in [0.1, 0.15) is 17.4 Å². The van der Waals surface area contributed by atoms with Gasteiger partial charge in [0.2, 0.25) is 0 Å². The molecule has 4 heteroatoms. The van der Waals surface area contributed by atoms with E-state index in [1.807, 2.05) is 24.3 Å². The Morgan fingerprint density at radius 1 is 1.00 bits per heavy atom. The molecule has 0 bridgehead atoms. The van der Waals surface area contributed by atoms with E-state index in [1.54, 1.807) is 12.3 Å². The van der Waals surface area contributed by atoms with E-state index < -0.39 is 0 Å². The number of nitrogens with zero attached hydrogens (tertiary/aromatic N) is 1.